The number of amides is 1. The first-order valence-electron chi connectivity index (χ1n) is 4.10. The fourth-order valence-corrected chi connectivity index (χ4v) is 0.941. The molecule has 0 aliphatic rings. The summed E-state index contributed by atoms with van der Waals surface area (Å²) in [6, 6.07) is 0. The highest BCUT2D eigenvalue weighted by Crippen LogP contribution is 2.04. The second kappa shape index (κ2) is 4.19. The Morgan fingerprint density at radius 1 is 1.79 bits per heavy atom. The van der Waals surface area contributed by atoms with Gasteiger partial charge in [-0.1, -0.05) is 12.2 Å². The first-order valence-corrected chi connectivity index (χ1v) is 4.50. The van der Waals surface area contributed by atoms with Gasteiger partial charge in [0.2, 0.25) is 11.9 Å². The van der Waals surface area contributed by atoms with E-state index in [0.29, 0.717) is 5.95 Å². The number of imidazole rings is 1. The number of carbonyl (C=O) groups excluding carboxylic acids is 1. The maximum Gasteiger partial charge on any atom is 0.236 e. The van der Waals surface area contributed by atoms with Gasteiger partial charge in [-0.2, -0.15) is 0 Å². The van der Waals surface area contributed by atoms with Gasteiger partial charge in [-0.3, -0.25) is 10.1 Å². The molecule has 1 aromatic heterocycles. The minimum absolute atomic E-state index is 0.178. The summed E-state index contributed by atoms with van der Waals surface area (Å²) in [7, 11) is 1.79. The number of anilines is 1. The number of aryl methyl sites for hydroxylation is 1. The van der Waals surface area contributed by atoms with Crippen LogP contribution >= 0.6 is 12.2 Å². The maximum atomic E-state index is 11.5. The average molecular weight is 212 g/mol. The Bertz CT molecular complexity index is 360. The van der Waals surface area contributed by atoms with Crippen molar-refractivity contribution >= 4 is 29.1 Å². The minimum Gasteiger partial charge on any atom is -0.393 e. The molecule has 1 aromatic rings. The Morgan fingerprint density at radius 2 is 2.43 bits per heavy atom. The molecular formula is C8H12N4OS. The molecule has 0 fully saturated rings. The smallest absolute Gasteiger partial charge is 0.236 e. The van der Waals surface area contributed by atoms with Crippen LogP contribution in [0.2, 0.25) is 0 Å². The van der Waals surface area contributed by atoms with Gasteiger partial charge in [0, 0.05) is 19.4 Å². The summed E-state index contributed by atoms with van der Waals surface area (Å²) >= 11 is 4.71. The lowest BCUT2D eigenvalue weighted by Crippen LogP contribution is -2.31. The molecule has 1 amide bonds. The first-order chi connectivity index (χ1) is 6.52. The number of nitrogens with two attached hydrogens (primary N) is 1. The third kappa shape index (κ3) is 2.29. The van der Waals surface area contributed by atoms with Gasteiger partial charge in [0.05, 0.1) is 10.9 Å². The molecule has 5 nitrogen and oxygen atoms in total. The summed E-state index contributed by atoms with van der Waals surface area (Å²) in [5.41, 5.74) is 5.35. The van der Waals surface area contributed by atoms with Gasteiger partial charge in [0.1, 0.15) is 0 Å². The van der Waals surface area contributed by atoms with Crippen LogP contribution in [0.3, 0.4) is 0 Å². The second-order valence-electron chi connectivity index (χ2n) is 2.98. The van der Waals surface area contributed by atoms with Gasteiger partial charge in [-0.25, -0.2) is 4.98 Å². The number of nitrogens with one attached hydrogen (secondary N) is 1. The second-order valence-corrected chi connectivity index (χ2v) is 3.45. The molecule has 1 atom stereocenters. The van der Waals surface area contributed by atoms with Crippen molar-refractivity contribution < 1.29 is 4.79 Å². The zero-order chi connectivity index (χ0) is 10.7. The van der Waals surface area contributed by atoms with Crippen molar-refractivity contribution in [3.63, 3.8) is 0 Å². The number of hydrogen-bond acceptors (Lipinski definition) is 3. The van der Waals surface area contributed by atoms with Gasteiger partial charge in [0.25, 0.3) is 0 Å². The van der Waals surface area contributed by atoms with Crippen molar-refractivity contribution in [2.45, 2.75) is 6.92 Å². The molecule has 0 saturated carbocycles. The summed E-state index contributed by atoms with van der Waals surface area (Å²) in [5.74, 6) is -0.244. The third-order valence-electron chi connectivity index (χ3n) is 1.88. The van der Waals surface area contributed by atoms with E-state index in [4.69, 9.17) is 18.0 Å². The molecule has 1 unspecified atom stereocenters. The Balaban J connectivity index is 2.66. The van der Waals surface area contributed by atoms with Gasteiger partial charge in [-0.15, -0.1) is 0 Å². The lowest BCUT2D eigenvalue weighted by Gasteiger charge is -2.09. The van der Waals surface area contributed by atoms with E-state index in [1.807, 2.05) is 0 Å². The fourth-order valence-electron chi connectivity index (χ4n) is 0.834. The molecule has 76 valence electrons. The molecule has 0 aromatic carbocycles. The van der Waals surface area contributed by atoms with Crippen LogP contribution < -0.4 is 11.1 Å². The highest BCUT2D eigenvalue weighted by atomic mass is 32.1. The molecule has 0 saturated heterocycles. The van der Waals surface area contributed by atoms with Crippen molar-refractivity contribution in [2.24, 2.45) is 18.7 Å². The van der Waals surface area contributed by atoms with E-state index < -0.39 is 5.92 Å². The van der Waals surface area contributed by atoms with E-state index in [2.05, 4.69) is 10.3 Å². The van der Waals surface area contributed by atoms with Crippen LogP contribution in [0.5, 0.6) is 0 Å². The molecule has 0 aliphatic carbocycles. The van der Waals surface area contributed by atoms with Gasteiger partial charge < -0.3 is 10.3 Å². The van der Waals surface area contributed by atoms with E-state index in [-0.39, 0.29) is 10.9 Å². The van der Waals surface area contributed by atoms with E-state index in [0.717, 1.165) is 0 Å². The topological polar surface area (TPSA) is 72.9 Å². The molecule has 6 heteroatoms. The standard InChI is InChI=1S/C8H12N4OS/c1-5(6(9)14)7(13)11-8-10-3-4-12(8)2/h3-5H,1-2H3,(H2,9,14)(H,10,11,13). The van der Waals surface area contributed by atoms with E-state index in [1.165, 1.54) is 0 Å². The van der Waals surface area contributed by atoms with E-state index in [9.17, 15) is 4.79 Å². The predicted molar refractivity (Wildman–Crippen MR) is 57.8 cm³/mol. The monoisotopic (exact) mass is 212 g/mol. The Kier molecular flexibility index (Phi) is 3.19. The van der Waals surface area contributed by atoms with Crippen LogP contribution in [-0.2, 0) is 11.8 Å². The zero-order valence-electron chi connectivity index (χ0n) is 8.02. The lowest BCUT2D eigenvalue weighted by molar-refractivity contribution is -0.117. The fraction of sp³-hybridized carbons (Fsp3) is 0.375. The number of nitrogens with zero attached hydrogens (tertiary/aromatic N) is 2. The van der Waals surface area contributed by atoms with Crippen LogP contribution in [0.15, 0.2) is 12.4 Å². The van der Waals surface area contributed by atoms with Crippen molar-refractivity contribution in [3.05, 3.63) is 12.4 Å². The normalized spacial score (nSPS) is 12.1. The average Bonchev–Trinajstić information content (AvgIpc) is 2.50. The summed E-state index contributed by atoms with van der Waals surface area (Å²) in [6.45, 7) is 1.65. The van der Waals surface area contributed by atoms with Crippen LogP contribution in [0, 0.1) is 5.92 Å². The van der Waals surface area contributed by atoms with Crippen molar-refractivity contribution in [1.82, 2.24) is 9.55 Å². The summed E-state index contributed by atoms with van der Waals surface area (Å²) < 4.78 is 1.70. The number of hydrogen-bond donors (Lipinski definition) is 2. The molecule has 0 radical (unpaired) electrons. The van der Waals surface area contributed by atoms with Crippen LogP contribution in [0.25, 0.3) is 0 Å². The third-order valence-corrected chi connectivity index (χ3v) is 2.23. The molecule has 0 aliphatic heterocycles. The van der Waals surface area contributed by atoms with E-state index in [1.54, 1.807) is 30.9 Å². The number of aromatic nitrogens is 2. The maximum absolute atomic E-state index is 11.5. The quantitative estimate of drug-likeness (QED) is 0.706. The number of carbonyl (C=O) groups is 1. The van der Waals surface area contributed by atoms with Gasteiger partial charge >= 0.3 is 0 Å². The number of rotatable bonds is 3. The van der Waals surface area contributed by atoms with Crippen LogP contribution in [0.4, 0.5) is 5.95 Å². The van der Waals surface area contributed by atoms with Crippen molar-refractivity contribution in [1.29, 1.82) is 0 Å². The Labute approximate surface area is 87.3 Å². The lowest BCUT2D eigenvalue weighted by atomic mass is 10.2. The molecule has 1 heterocycles. The van der Waals surface area contributed by atoms with Crippen LogP contribution in [0.1, 0.15) is 6.92 Å². The highest BCUT2D eigenvalue weighted by Gasteiger charge is 2.16. The summed E-state index contributed by atoms with van der Waals surface area (Å²) in [5, 5.41) is 2.62. The highest BCUT2D eigenvalue weighted by molar-refractivity contribution is 7.80. The van der Waals surface area contributed by atoms with Crippen molar-refractivity contribution in [3.8, 4) is 0 Å². The molecule has 0 spiro atoms. The number of thiocarbonyl (C=S) groups is 1. The zero-order valence-corrected chi connectivity index (χ0v) is 8.84. The van der Waals surface area contributed by atoms with Gasteiger partial charge in [0.15, 0.2) is 0 Å². The molecule has 3 N–H and O–H groups in total. The Morgan fingerprint density at radius 3 is 2.86 bits per heavy atom. The molecule has 1 rings (SSSR count). The molecule has 0 bridgehead atoms. The first kappa shape index (κ1) is 10.6. The SMILES string of the molecule is CC(C(=O)Nc1nccn1C)C(N)=S. The predicted octanol–water partition coefficient (Wildman–Crippen LogP) is 0.281. The largest absolute Gasteiger partial charge is 0.393 e. The Hall–Kier alpha value is -1.43. The van der Waals surface area contributed by atoms with E-state index >= 15 is 0 Å². The van der Waals surface area contributed by atoms with Crippen molar-refractivity contribution in [2.75, 3.05) is 5.32 Å². The summed E-state index contributed by atoms with van der Waals surface area (Å²) in [6.07, 6.45) is 3.34. The molecular weight excluding hydrogens is 200 g/mol. The van der Waals surface area contributed by atoms with Gasteiger partial charge in [-0.05, 0) is 6.92 Å². The minimum atomic E-state index is -0.485. The summed E-state index contributed by atoms with van der Waals surface area (Å²) in [4.78, 5) is 15.6. The van der Waals surface area contributed by atoms with Crippen LogP contribution in [-0.4, -0.2) is 20.4 Å². The molecule has 14 heavy (non-hydrogen) atoms.